The first-order valence-corrected chi connectivity index (χ1v) is 6.57. The van der Waals surface area contributed by atoms with Gasteiger partial charge in [0.05, 0.1) is 18.5 Å². The molecule has 0 unspecified atom stereocenters. The molecule has 1 aromatic rings. The molecule has 1 aliphatic rings. The first-order valence-electron chi connectivity index (χ1n) is 6.57. The number of ketones is 1. The van der Waals surface area contributed by atoms with Crippen LogP contribution in [0.2, 0.25) is 0 Å². The molecule has 0 radical (unpaired) electrons. The van der Waals surface area contributed by atoms with Gasteiger partial charge in [-0.2, -0.15) is 0 Å². The van der Waals surface area contributed by atoms with Gasteiger partial charge in [-0.25, -0.2) is 4.99 Å². The minimum Gasteiger partial charge on any atom is -0.494 e. The van der Waals surface area contributed by atoms with Crippen LogP contribution >= 0.6 is 0 Å². The Balaban J connectivity index is 2.61. The molecule has 0 fully saturated rings. The van der Waals surface area contributed by atoms with Gasteiger partial charge in [0.2, 0.25) is 5.78 Å². The first kappa shape index (κ1) is 14.8. The van der Waals surface area contributed by atoms with E-state index in [1.165, 1.54) is 6.08 Å². The highest BCUT2D eigenvalue weighted by atomic mass is 16.5. The Hall–Kier alpha value is -2.56. The molecule has 0 saturated carbocycles. The smallest absolute Gasteiger partial charge is 0.201 e. The molecule has 0 spiro atoms. The number of aliphatic imine (C=N–C) groups is 1. The zero-order valence-electron chi connectivity index (χ0n) is 12.7. The van der Waals surface area contributed by atoms with E-state index in [-0.39, 0.29) is 11.5 Å². The molecule has 0 saturated heterocycles. The zero-order chi connectivity index (χ0) is 15.7. The lowest BCUT2D eigenvalue weighted by atomic mass is 10.0. The normalized spacial score (nSPS) is 16.8. The monoisotopic (exact) mass is 285 g/mol. The lowest BCUT2D eigenvalue weighted by molar-refractivity contribution is -0.111. The van der Waals surface area contributed by atoms with Crippen molar-refractivity contribution in [3.63, 3.8) is 0 Å². The summed E-state index contributed by atoms with van der Waals surface area (Å²) in [7, 11) is 1.58. The molecule has 0 atom stereocenters. The van der Waals surface area contributed by atoms with E-state index in [2.05, 4.69) is 4.99 Å². The van der Waals surface area contributed by atoms with E-state index >= 15 is 0 Å². The number of aryl methyl sites for hydroxylation is 1. The molecule has 1 aromatic carbocycles. The van der Waals surface area contributed by atoms with Gasteiger partial charge in [-0.1, -0.05) is 0 Å². The van der Waals surface area contributed by atoms with Crippen LogP contribution < -0.4 is 16.2 Å². The van der Waals surface area contributed by atoms with Gasteiger partial charge in [0.25, 0.3) is 0 Å². The topological polar surface area (TPSA) is 90.7 Å². The SMILES string of the molecule is COc1c(N=C2C=C(N)C(=O)C=C2C)cc(C)c(N)c1C. The van der Waals surface area contributed by atoms with Crippen LogP contribution in [0.4, 0.5) is 11.4 Å². The highest BCUT2D eigenvalue weighted by Crippen LogP contribution is 2.37. The molecule has 4 N–H and O–H groups in total. The lowest BCUT2D eigenvalue weighted by Crippen LogP contribution is -2.17. The van der Waals surface area contributed by atoms with Crippen molar-refractivity contribution in [3.05, 3.63) is 40.6 Å². The second kappa shape index (κ2) is 5.44. The summed E-state index contributed by atoms with van der Waals surface area (Å²) in [6.07, 6.45) is 3.07. The number of nitrogens with zero attached hydrogens (tertiary/aromatic N) is 1. The summed E-state index contributed by atoms with van der Waals surface area (Å²) in [5.74, 6) is 0.436. The van der Waals surface area contributed by atoms with E-state index in [0.29, 0.717) is 22.8 Å². The van der Waals surface area contributed by atoms with Gasteiger partial charge in [0, 0.05) is 11.3 Å². The van der Waals surface area contributed by atoms with Gasteiger partial charge in [0.1, 0.15) is 11.4 Å². The first-order chi connectivity index (χ1) is 9.85. The Morgan fingerprint density at radius 3 is 2.43 bits per heavy atom. The van der Waals surface area contributed by atoms with Crippen molar-refractivity contribution in [2.45, 2.75) is 20.8 Å². The van der Waals surface area contributed by atoms with E-state index < -0.39 is 0 Å². The Labute approximate surface area is 124 Å². The van der Waals surface area contributed by atoms with E-state index in [9.17, 15) is 4.79 Å². The van der Waals surface area contributed by atoms with Crippen LogP contribution in [0.25, 0.3) is 0 Å². The minimum absolute atomic E-state index is 0.183. The fourth-order valence-corrected chi connectivity index (χ4v) is 2.24. The molecular formula is C16H19N3O2. The molecule has 2 rings (SSSR count). The van der Waals surface area contributed by atoms with E-state index in [4.69, 9.17) is 16.2 Å². The number of methoxy groups -OCH3 is 1. The Morgan fingerprint density at radius 1 is 1.14 bits per heavy atom. The van der Waals surface area contributed by atoms with E-state index in [0.717, 1.165) is 16.7 Å². The van der Waals surface area contributed by atoms with Gasteiger partial charge in [-0.3, -0.25) is 4.79 Å². The molecule has 5 nitrogen and oxygen atoms in total. The van der Waals surface area contributed by atoms with Crippen LogP contribution in [0.5, 0.6) is 5.75 Å². The highest BCUT2D eigenvalue weighted by Gasteiger charge is 2.16. The third-order valence-corrected chi connectivity index (χ3v) is 3.53. The molecule has 21 heavy (non-hydrogen) atoms. The molecular weight excluding hydrogens is 266 g/mol. The standard InChI is InChI=1S/C16H19N3O2/c1-8-6-14(20)11(17)7-12(8)19-13-5-9(2)15(18)10(3)16(13)21-4/h5-7H,17-18H2,1-4H3. The Kier molecular flexibility index (Phi) is 3.84. The maximum Gasteiger partial charge on any atom is 0.201 e. The number of ether oxygens (including phenoxy) is 1. The largest absolute Gasteiger partial charge is 0.494 e. The van der Waals surface area contributed by atoms with Crippen molar-refractivity contribution in [1.29, 1.82) is 0 Å². The third kappa shape index (κ3) is 2.67. The summed E-state index contributed by atoms with van der Waals surface area (Å²) in [6.45, 7) is 5.63. The fourth-order valence-electron chi connectivity index (χ4n) is 2.24. The van der Waals surface area contributed by atoms with Crippen LogP contribution in [-0.4, -0.2) is 18.6 Å². The summed E-state index contributed by atoms with van der Waals surface area (Å²) in [5, 5.41) is 0. The summed E-state index contributed by atoms with van der Waals surface area (Å²) >= 11 is 0. The summed E-state index contributed by atoms with van der Waals surface area (Å²) in [6, 6.07) is 1.86. The number of nitrogen functional groups attached to an aromatic ring is 1. The number of allylic oxidation sites excluding steroid dienone is 3. The van der Waals surface area contributed by atoms with Gasteiger partial charge >= 0.3 is 0 Å². The molecule has 0 aliphatic heterocycles. The molecule has 0 heterocycles. The van der Waals surface area contributed by atoms with Crippen molar-refractivity contribution in [2.75, 3.05) is 12.8 Å². The number of rotatable bonds is 2. The highest BCUT2D eigenvalue weighted by molar-refractivity contribution is 6.22. The molecule has 5 heteroatoms. The number of nitrogens with two attached hydrogens (primary N) is 2. The quantitative estimate of drug-likeness (QED) is 0.644. The van der Waals surface area contributed by atoms with Crippen LogP contribution in [0.1, 0.15) is 18.1 Å². The Bertz CT molecular complexity index is 713. The number of hydrogen-bond acceptors (Lipinski definition) is 5. The van der Waals surface area contributed by atoms with Crippen LogP contribution in [0.3, 0.4) is 0 Å². The van der Waals surface area contributed by atoms with Crippen molar-refractivity contribution in [2.24, 2.45) is 10.7 Å². The molecule has 110 valence electrons. The second-order valence-electron chi connectivity index (χ2n) is 5.07. The van der Waals surface area contributed by atoms with Crippen LogP contribution in [0, 0.1) is 13.8 Å². The number of carbonyl (C=O) groups excluding carboxylic acids is 1. The predicted octanol–water partition coefficient (Wildman–Crippen LogP) is 2.34. The molecule has 0 amide bonds. The van der Waals surface area contributed by atoms with Crippen LogP contribution in [0.15, 0.2) is 34.5 Å². The summed E-state index contributed by atoms with van der Waals surface area (Å²) < 4.78 is 5.41. The van der Waals surface area contributed by atoms with Crippen molar-refractivity contribution >= 4 is 22.9 Å². The average molecular weight is 285 g/mol. The lowest BCUT2D eigenvalue weighted by Gasteiger charge is -2.15. The van der Waals surface area contributed by atoms with Crippen molar-refractivity contribution in [1.82, 2.24) is 0 Å². The maximum atomic E-state index is 11.5. The van der Waals surface area contributed by atoms with E-state index in [1.54, 1.807) is 13.2 Å². The summed E-state index contributed by atoms with van der Waals surface area (Å²) in [5.41, 5.74) is 16.4. The van der Waals surface area contributed by atoms with Crippen LogP contribution in [-0.2, 0) is 4.79 Å². The number of carbonyl (C=O) groups is 1. The Morgan fingerprint density at radius 2 is 1.81 bits per heavy atom. The maximum absolute atomic E-state index is 11.5. The third-order valence-electron chi connectivity index (χ3n) is 3.53. The van der Waals surface area contributed by atoms with Gasteiger partial charge in [-0.05, 0) is 50.1 Å². The number of hydrogen-bond donors (Lipinski definition) is 2. The predicted molar refractivity (Wildman–Crippen MR) is 85.0 cm³/mol. The van der Waals surface area contributed by atoms with Gasteiger partial charge in [-0.15, -0.1) is 0 Å². The second-order valence-corrected chi connectivity index (χ2v) is 5.07. The summed E-state index contributed by atoms with van der Waals surface area (Å²) in [4.78, 5) is 16.1. The zero-order valence-corrected chi connectivity index (χ0v) is 12.7. The van der Waals surface area contributed by atoms with E-state index in [1.807, 2.05) is 26.8 Å². The van der Waals surface area contributed by atoms with Gasteiger partial charge in [0.15, 0.2) is 0 Å². The fraction of sp³-hybridized carbons (Fsp3) is 0.250. The molecule has 0 bridgehead atoms. The molecule has 0 aromatic heterocycles. The number of benzene rings is 1. The van der Waals surface area contributed by atoms with Crippen molar-refractivity contribution < 1.29 is 9.53 Å². The number of anilines is 1. The minimum atomic E-state index is -0.192. The average Bonchev–Trinajstić information content (AvgIpc) is 2.42. The van der Waals surface area contributed by atoms with Crippen molar-refractivity contribution in [3.8, 4) is 5.75 Å². The molecule has 1 aliphatic carbocycles. The van der Waals surface area contributed by atoms with Gasteiger partial charge < -0.3 is 16.2 Å².